The van der Waals surface area contributed by atoms with Crippen molar-refractivity contribution in [3.8, 4) is 0 Å². The van der Waals surface area contributed by atoms with Crippen LogP contribution in [-0.2, 0) is 13.1 Å². The van der Waals surface area contributed by atoms with E-state index in [-0.39, 0.29) is 30.6 Å². The van der Waals surface area contributed by atoms with Gasteiger partial charge in [0.2, 0.25) is 5.43 Å². The highest BCUT2D eigenvalue weighted by molar-refractivity contribution is 5.96. The monoisotopic (exact) mass is 479 g/mol. The van der Waals surface area contributed by atoms with Gasteiger partial charge in [-0.05, 0) is 12.1 Å². The molecule has 0 radical (unpaired) electrons. The Morgan fingerprint density at radius 2 is 1.68 bits per heavy atom. The quantitative estimate of drug-likeness (QED) is 0.470. The van der Waals surface area contributed by atoms with Gasteiger partial charge in [-0.15, -0.1) is 0 Å². The molecule has 0 bridgehead atoms. The summed E-state index contributed by atoms with van der Waals surface area (Å²) in [7, 11) is 3.43. The standard InChI is InChI=1S/C21H20F3N3O4.C3H8/c1-26(2)19-8-18-12(20(29)14(21(30)31)10-27(18)3-4-28)7-17(19)25-9-13-15(23)5-11(22)6-16(13)24;1-3-2/h5-8,10,25,28H,3-4,9H2,1-2H3,(H,30,31);3H2,1-2H3. The number of carboxylic acid groups (broad SMARTS) is 1. The topological polar surface area (TPSA) is 94.8 Å². The number of nitrogens with zero attached hydrogens (tertiary/aromatic N) is 2. The highest BCUT2D eigenvalue weighted by Crippen LogP contribution is 2.30. The molecule has 0 saturated carbocycles. The molecule has 3 aromatic rings. The summed E-state index contributed by atoms with van der Waals surface area (Å²) in [5.41, 5.74) is -0.342. The van der Waals surface area contributed by atoms with E-state index < -0.39 is 34.4 Å². The highest BCUT2D eigenvalue weighted by atomic mass is 19.1. The predicted octanol–water partition coefficient (Wildman–Crippen LogP) is 4.20. The molecule has 0 spiro atoms. The van der Waals surface area contributed by atoms with Crippen LogP contribution in [0.15, 0.2) is 35.3 Å². The molecule has 0 atom stereocenters. The Bertz CT molecular complexity index is 1220. The van der Waals surface area contributed by atoms with Gasteiger partial charge in [-0.1, -0.05) is 20.3 Å². The average Bonchev–Trinajstić information content (AvgIpc) is 2.74. The predicted molar refractivity (Wildman–Crippen MR) is 126 cm³/mol. The van der Waals surface area contributed by atoms with Crippen LogP contribution in [0.5, 0.6) is 0 Å². The van der Waals surface area contributed by atoms with E-state index in [1.165, 1.54) is 23.3 Å². The number of hydrogen-bond donors (Lipinski definition) is 3. The Hall–Kier alpha value is -3.53. The Kier molecular flexibility index (Phi) is 9.08. The molecule has 184 valence electrons. The molecule has 0 aliphatic heterocycles. The number of benzene rings is 2. The summed E-state index contributed by atoms with van der Waals surface area (Å²) >= 11 is 0. The molecule has 3 N–H and O–H groups in total. The molecule has 0 amide bonds. The van der Waals surface area contributed by atoms with Crippen molar-refractivity contribution in [2.24, 2.45) is 0 Å². The van der Waals surface area contributed by atoms with Gasteiger partial charge in [-0.3, -0.25) is 4.79 Å². The van der Waals surface area contributed by atoms with E-state index in [0.29, 0.717) is 29.0 Å². The second-order valence-electron chi connectivity index (χ2n) is 7.78. The number of carbonyl (C=O) groups is 1. The van der Waals surface area contributed by atoms with Gasteiger partial charge < -0.3 is 25.0 Å². The van der Waals surface area contributed by atoms with Crippen LogP contribution < -0.4 is 15.6 Å². The normalized spacial score (nSPS) is 10.6. The van der Waals surface area contributed by atoms with Crippen LogP contribution in [0.25, 0.3) is 10.9 Å². The van der Waals surface area contributed by atoms with Gasteiger partial charge in [-0.25, -0.2) is 18.0 Å². The molecule has 34 heavy (non-hydrogen) atoms. The van der Waals surface area contributed by atoms with Crippen molar-refractivity contribution in [2.75, 3.05) is 30.9 Å². The van der Waals surface area contributed by atoms with Crippen LogP contribution in [0, 0.1) is 17.5 Å². The van der Waals surface area contributed by atoms with Crippen LogP contribution >= 0.6 is 0 Å². The van der Waals surface area contributed by atoms with E-state index in [0.717, 1.165) is 0 Å². The van der Waals surface area contributed by atoms with Crippen molar-refractivity contribution in [3.05, 3.63) is 69.3 Å². The third kappa shape index (κ3) is 5.88. The van der Waals surface area contributed by atoms with E-state index in [1.807, 2.05) is 0 Å². The lowest BCUT2D eigenvalue weighted by Gasteiger charge is -2.21. The molecule has 1 aromatic heterocycles. The van der Waals surface area contributed by atoms with Crippen LogP contribution in [0.4, 0.5) is 24.5 Å². The first-order valence-electron chi connectivity index (χ1n) is 10.7. The zero-order valence-electron chi connectivity index (χ0n) is 19.5. The van der Waals surface area contributed by atoms with Gasteiger partial charge in [0.05, 0.1) is 23.5 Å². The number of halogens is 3. The minimum absolute atomic E-state index is 0.0569. The number of anilines is 2. The fourth-order valence-corrected chi connectivity index (χ4v) is 3.31. The molecule has 0 saturated heterocycles. The first kappa shape index (κ1) is 26.7. The SMILES string of the molecule is CCC.CN(C)c1cc2c(cc1NCc1c(F)cc(F)cc1F)c(=O)c(C(=O)O)cn2CCO. The fraction of sp³-hybridized carbons (Fsp3) is 0.333. The molecule has 7 nitrogen and oxygen atoms in total. The third-order valence-corrected chi connectivity index (χ3v) is 4.81. The van der Waals surface area contributed by atoms with Gasteiger partial charge in [0.1, 0.15) is 23.0 Å². The van der Waals surface area contributed by atoms with E-state index in [9.17, 15) is 33.0 Å². The van der Waals surface area contributed by atoms with Crippen LogP contribution in [0.2, 0.25) is 0 Å². The lowest BCUT2D eigenvalue weighted by molar-refractivity contribution is 0.0694. The number of fused-ring (bicyclic) bond motifs is 1. The summed E-state index contributed by atoms with van der Waals surface area (Å²) < 4.78 is 42.6. The summed E-state index contributed by atoms with van der Waals surface area (Å²) in [4.78, 5) is 25.9. The van der Waals surface area contributed by atoms with E-state index in [1.54, 1.807) is 25.1 Å². The molecule has 0 unspecified atom stereocenters. The Morgan fingerprint density at radius 3 is 2.18 bits per heavy atom. The fourth-order valence-electron chi connectivity index (χ4n) is 3.31. The summed E-state index contributed by atoms with van der Waals surface area (Å²) in [6, 6.07) is 4.14. The Labute approximate surface area is 195 Å². The first-order chi connectivity index (χ1) is 16.0. The van der Waals surface area contributed by atoms with Gasteiger partial charge >= 0.3 is 5.97 Å². The number of aromatic nitrogens is 1. The van der Waals surface area contributed by atoms with Gasteiger partial charge in [0, 0.05) is 56.5 Å². The number of aliphatic hydroxyl groups excluding tert-OH is 1. The summed E-state index contributed by atoms with van der Waals surface area (Å²) in [5, 5.41) is 21.6. The zero-order valence-corrected chi connectivity index (χ0v) is 19.5. The van der Waals surface area contributed by atoms with Crippen molar-refractivity contribution in [1.82, 2.24) is 4.57 Å². The molecular weight excluding hydrogens is 451 g/mol. The molecule has 0 aliphatic rings. The van der Waals surface area contributed by atoms with E-state index in [2.05, 4.69) is 19.2 Å². The van der Waals surface area contributed by atoms with Crippen molar-refractivity contribution in [2.45, 2.75) is 33.4 Å². The summed E-state index contributed by atoms with van der Waals surface area (Å²) in [5.74, 6) is -4.57. The molecular formula is C24H28F3N3O4. The second kappa shape index (κ2) is 11.6. The van der Waals surface area contributed by atoms with Gasteiger partial charge in [0.25, 0.3) is 0 Å². The summed E-state index contributed by atoms with van der Waals surface area (Å²) in [6.45, 7) is 3.69. The van der Waals surface area contributed by atoms with Crippen LogP contribution in [-0.4, -0.2) is 41.5 Å². The number of aromatic carboxylic acids is 1. The Morgan fingerprint density at radius 1 is 1.09 bits per heavy atom. The molecule has 1 heterocycles. The number of rotatable bonds is 7. The maximum atomic E-state index is 14.0. The minimum Gasteiger partial charge on any atom is -0.477 e. The maximum absolute atomic E-state index is 14.0. The van der Waals surface area contributed by atoms with Crippen molar-refractivity contribution < 1.29 is 28.2 Å². The molecule has 0 fully saturated rings. The first-order valence-corrected chi connectivity index (χ1v) is 10.7. The molecule has 10 heteroatoms. The van der Waals surface area contributed by atoms with Crippen molar-refractivity contribution >= 4 is 28.2 Å². The van der Waals surface area contributed by atoms with E-state index >= 15 is 0 Å². The molecule has 3 rings (SSSR count). The smallest absolute Gasteiger partial charge is 0.341 e. The summed E-state index contributed by atoms with van der Waals surface area (Å²) in [6.07, 6.45) is 2.42. The largest absolute Gasteiger partial charge is 0.477 e. The van der Waals surface area contributed by atoms with Crippen LogP contribution in [0.3, 0.4) is 0 Å². The number of carboxylic acids is 1. The lowest BCUT2D eigenvalue weighted by atomic mass is 10.1. The average molecular weight is 479 g/mol. The lowest BCUT2D eigenvalue weighted by Crippen LogP contribution is -2.21. The molecule has 0 aliphatic carbocycles. The third-order valence-electron chi connectivity index (χ3n) is 4.81. The maximum Gasteiger partial charge on any atom is 0.341 e. The van der Waals surface area contributed by atoms with Gasteiger partial charge in [-0.2, -0.15) is 0 Å². The highest BCUT2D eigenvalue weighted by Gasteiger charge is 2.18. The van der Waals surface area contributed by atoms with E-state index in [4.69, 9.17) is 0 Å². The Balaban J connectivity index is 0.00000129. The number of aliphatic hydroxyl groups is 1. The van der Waals surface area contributed by atoms with Gasteiger partial charge in [0.15, 0.2) is 0 Å². The van der Waals surface area contributed by atoms with Crippen LogP contribution in [0.1, 0.15) is 36.2 Å². The number of nitrogens with one attached hydrogen (secondary N) is 1. The number of hydrogen-bond acceptors (Lipinski definition) is 5. The second-order valence-corrected chi connectivity index (χ2v) is 7.78. The molecule has 2 aromatic carbocycles. The number of pyridine rings is 1. The zero-order chi connectivity index (χ0) is 25.6. The minimum atomic E-state index is -1.42. The van der Waals surface area contributed by atoms with Crippen molar-refractivity contribution in [3.63, 3.8) is 0 Å². The van der Waals surface area contributed by atoms with Crippen molar-refractivity contribution in [1.29, 1.82) is 0 Å².